The lowest BCUT2D eigenvalue weighted by molar-refractivity contribution is 0.157. The molecule has 21 heavy (non-hydrogen) atoms. The standard InChI is InChI=1S/C17H24N2O2/c1-17(2,9-10-21-4)12-18-14-11-16(20)19(3)15-8-6-5-7-13(14)15/h5-8,11,18H,9-10,12H2,1-4H3. The number of para-hydroxylation sites is 1. The van der Waals surface area contributed by atoms with Crippen LogP contribution in [0.5, 0.6) is 0 Å². The van der Waals surface area contributed by atoms with Crippen LogP contribution in [-0.4, -0.2) is 24.8 Å². The molecule has 0 fully saturated rings. The zero-order valence-electron chi connectivity index (χ0n) is 13.3. The Hall–Kier alpha value is -1.81. The van der Waals surface area contributed by atoms with Crippen molar-refractivity contribution in [3.8, 4) is 0 Å². The highest BCUT2D eigenvalue weighted by Crippen LogP contribution is 2.25. The van der Waals surface area contributed by atoms with E-state index in [2.05, 4.69) is 19.2 Å². The van der Waals surface area contributed by atoms with Crippen molar-refractivity contribution in [2.75, 3.05) is 25.6 Å². The molecule has 2 rings (SSSR count). The van der Waals surface area contributed by atoms with Gasteiger partial charge in [0, 0.05) is 44.4 Å². The summed E-state index contributed by atoms with van der Waals surface area (Å²) in [5.74, 6) is 0. The minimum Gasteiger partial charge on any atom is -0.385 e. The van der Waals surface area contributed by atoms with Gasteiger partial charge in [0.2, 0.25) is 0 Å². The van der Waals surface area contributed by atoms with Crippen LogP contribution in [0.2, 0.25) is 0 Å². The molecule has 0 spiro atoms. The third-order valence-electron chi connectivity index (χ3n) is 3.89. The molecule has 4 nitrogen and oxygen atoms in total. The molecule has 0 aliphatic heterocycles. The van der Waals surface area contributed by atoms with Crippen molar-refractivity contribution in [1.29, 1.82) is 0 Å². The monoisotopic (exact) mass is 288 g/mol. The number of hydrogen-bond acceptors (Lipinski definition) is 3. The van der Waals surface area contributed by atoms with Crippen molar-refractivity contribution in [1.82, 2.24) is 4.57 Å². The fraction of sp³-hybridized carbons (Fsp3) is 0.471. The van der Waals surface area contributed by atoms with Crippen LogP contribution < -0.4 is 10.9 Å². The van der Waals surface area contributed by atoms with Gasteiger partial charge in [0.1, 0.15) is 0 Å². The van der Waals surface area contributed by atoms with Crippen molar-refractivity contribution in [3.05, 3.63) is 40.7 Å². The average molecular weight is 288 g/mol. The van der Waals surface area contributed by atoms with Crippen LogP contribution in [0.15, 0.2) is 35.1 Å². The van der Waals surface area contributed by atoms with Gasteiger partial charge < -0.3 is 14.6 Å². The maximum absolute atomic E-state index is 12.1. The first-order valence-electron chi connectivity index (χ1n) is 7.26. The topological polar surface area (TPSA) is 43.3 Å². The van der Waals surface area contributed by atoms with Crippen molar-refractivity contribution < 1.29 is 4.74 Å². The van der Waals surface area contributed by atoms with E-state index in [0.717, 1.165) is 36.2 Å². The van der Waals surface area contributed by atoms with Crippen LogP contribution >= 0.6 is 0 Å². The molecular weight excluding hydrogens is 264 g/mol. The number of methoxy groups -OCH3 is 1. The number of pyridine rings is 1. The number of rotatable bonds is 6. The van der Waals surface area contributed by atoms with Crippen molar-refractivity contribution in [2.45, 2.75) is 20.3 Å². The Bertz CT molecular complexity index is 674. The number of hydrogen-bond donors (Lipinski definition) is 1. The number of ether oxygens (including phenoxy) is 1. The zero-order valence-corrected chi connectivity index (χ0v) is 13.3. The van der Waals surface area contributed by atoms with E-state index in [1.807, 2.05) is 24.3 Å². The lowest BCUT2D eigenvalue weighted by Gasteiger charge is -2.25. The number of nitrogens with zero attached hydrogens (tertiary/aromatic N) is 1. The second kappa shape index (κ2) is 6.31. The lowest BCUT2D eigenvalue weighted by atomic mass is 9.89. The fourth-order valence-corrected chi connectivity index (χ4v) is 2.36. The molecule has 0 aliphatic carbocycles. The van der Waals surface area contributed by atoms with Gasteiger partial charge >= 0.3 is 0 Å². The molecule has 0 aliphatic rings. The van der Waals surface area contributed by atoms with Gasteiger partial charge in [0.05, 0.1) is 5.52 Å². The minimum atomic E-state index is 0.00546. The first kappa shape index (κ1) is 15.6. The van der Waals surface area contributed by atoms with Gasteiger partial charge in [-0.15, -0.1) is 0 Å². The van der Waals surface area contributed by atoms with Crippen molar-refractivity contribution in [2.24, 2.45) is 12.5 Å². The molecule has 1 N–H and O–H groups in total. The van der Waals surface area contributed by atoms with Crippen LogP contribution in [0.3, 0.4) is 0 Å². The van der Waals surface area contributed by atoms with E-state index in [9.17, 15) is 4.79 Å². The maximum atomic E-state index is 12.1. The predicted octanol–water partition coefficient (Wildman–Crippen LogP) is 3.01. The number of anilines is 1. The normalized spacial score (nSPS) is 11.8. The predicted molar refractivity (Wildman–Crippen MR) is 88.0 cm³/mol. The van der Waals surface area contributed by atoms with Crippen LogP contribution in [0.1, 0.15) is 20.3 Å². The number of nitrogens with one attached hydrogen (secondary N) is 1. The second-order valence-corrected chi connectivity index (χ2v) is 6.23. The quantitative estimate of drug-likeness (QED) is 0.888. The van der Waals surface area contributed by atoms with Gasteiger partial charge in [-0.3, -0.25) is 4.79 Å². The molecule has 1 aromatic carbocycles. The third kappa shape index (κ3) is 3.64. The van der Waals surface area contributed by atoms with Gasteiger partial charge in [0.15, 0.2) is 0 Å². The van der Waals surface area contributed by atoms with E-state index >= 15 is 0 Å². The Kier molecular flexibility index (Phi) is 4.68. The van der Waals surface area contributed by atoms with Gasteiger partial charge in [-0.05, 0) is 17.9 Å². The molecule has 0 saturated heterocycles. The van der Waals surface area contributed by atoms with E-state index < -0.39 is 0 Å². The fourth-order valence-electron chi connectivity index (χ4n) is 2.36. The molecule has 0 bridgehead atoms. The molecule has 1 aromatic heterocycles. The second-order valence-electron chi connectivity index (χ2n) is 6.23. The van der Waals surface area contributed by atoms with Crippen molar-refractivity contribution >= 4 is 16.6 Å². The summed E-state index contributed by atoms with van der Waals surface area (Å²) >= 11 is 0. The zero-order chi connectivity index (χ0) is 15.5. The average Bonchev–Trinajstić information content (AvgIpc) is 2.47. The van der Waals surface area contributed by atoms with Gasteiger partial charge in [-0.1, -0.05) is 32.0 Å². The van der Waals surface area contributed by atoms with Crippen LogP contribution in [0.25, 0.3) is 10.9 Å². The van der Waals surface area contributed by atoms with E-state index in [1.54, 1.807) is 24.8 Å². The van der Waals surface area contributed by atoms with Gasteiger partial charge in [-0.2, -0.15) is 0 Å². The molecule has 4 heteroatoms. The summed E-state index contributed by atoms with van der Waals surface area (Å²) in [7, 11) is 3.52. The number of aromatic nitrogens is 1. The number of benzene rings is 1. The Morgan fingerprint density at radius 3 is 2.71 bits per heavy atom. The van der Waals surface area contributed by atoms with E-state index in [4.69, 9.17) is 4.74 Å². The minimum absolute atomic E-state index is 0.00546. The molecule has 114 valence electrons. The van der Waals surface area contributed by atoms with E-state index in [-0.39, 0.29) is 11.0 Å². The van der Waals surface area contributed by atoms with E-state index in [1.165, 1.54) is 0 Å². The summed E-state index contributed by atoms with van der Waals surface area (Å²) < 4.78 is 6.83. The Labute approximate surface area is 125 Å². The van der Waals surface area contributed by atoms with Gasteiger partial charge in [0.25, 0.3) is 5.56 Å². The molecule has 0 atom stereocenters. The molecular formula is C17H24N2O2. The lowest BCUT2D eigenvalue weighted by Crippen LogP contribution is -2.26. The summed E-state index contributed by atoms with van der Waals surface area (Å²) in [4.78, 5) is 12.1. The van der Waals surface area contributed by atoms with Gasteiger partial charge in [-0.25, -0.2) is 0 Å². The molecule has 1 heterocycles. The first-order valence-corrected chi connectivity index (χ1v) is 7.26. The summed E-state index contributed by atoms with van der Waals surface area (Å²) in [6.45, 7) is 5.93. The summed E-state index contributed by atoms with van der Waals surface area (Å²) in [5, 5.41) is 4.51. The highest BCUT2D eigenvalue weighted by atomic mass is 16.5. The smallest absolute Gasteiger partial charge is 0.252 e. The molecule has 0 radical (unpaired) electrons. The summed E-state index contributed by atoms with van der Waals surface area (Å²) in [6.07, 6.45) is 0.972. The maximum Gasteiger partial charge on any atom is 0.252 e. The number of fused-ring (bicyclic) bond motifs is 1. The summed E-state index contributed by atoms with van der Waals surface area (Å²) in [5.41, 5.74) is 1.96. The molecule has 2 aromatic rings. The Morgan fingerprint density at radius 1 is 1.29 bits per heavy atom. The highest BCUT2D eigenvalue weighted by Gasteiger charge is 2.18. The molecule has 0 saturated carbocycles. The Balaban J connectivity index is 2.27. The molecule has 0 unspecified atom stereocenters. The van der Waals surface area contributed by atoms with Crippen LogP contribution in [0, 0.1) is 5.41 Å². The van der Waals surface area contributed by atoms with E-state index in [0.29, 0.717) is 0 Å². The Morgan fingerprint density at radius 2 is 2.00 bits per heavy atom. The van der Waals surface area contributed by atoms with Crippen molar-refractivity contribution in [3.63, 3.8) is 0 Å². The first-order chi connectivity index (χ1) is 9.94. The van der Waals surface area contributed by atoms with Crippen LogP contribution in [-0.2, 0) is 11.8 Å². The number of aryl methyl sites for hydroxylation is 1. The highest BCUT2D eigenvalue weighted by molar-refractivity contribution is 5.91. The largest absolute Gasteiger partial charge is 0.385 e. The summed E-state index contributed by atoms with van der Waals surface area (Å²) in [6, 6.07) is 9.63. The SMILES string of the molecule is COCCC(C)(C)CNc1cc(=O)n(C)c2ccccc12. The molecule has 0 amide bonds. The van der Waals surface area contributed by atoms with Crippen LogP contribution in [0.4, 0.5) is 5.69 Å². The third-order valence-corrected chi connectivity index (χ3v) is 3.89.